The maximum atomic E-state index is 11.3. The molecule has 0 radical (unpaired) electrons. The molecule has 0 bridgehead atoms. The minimum Gasteiger partial charge on any atom is -0.329 e. The molecule has 3 heteroatoms. The molecule has 1 saturated heterocycles. The zero-order chi connectivity index (χ0) is 10.8. The van der Waals surface area contributed by atoms with Crippen LogP contribution in [-0.2, 0) is 0 Å². The first-order valence-electron chi connectivity index (χ1n) is 5.65. The molecule has 82 valence electrons. The Kier molecular flexibility index (Phi) is 2.91. The Bertz CT molecular complexity index is 397. The quantitative estimate of drug-likeness (QED) is 0.801. The standard InChI is InChI=1S/C12H18N2O/c1-3-14-6-4-5-11(14)10-7-9(2)12(15)13-8-10/h7-8,11H,3-6H2,1-2H3,(H,13,15). The zero-order valence-electron chi connectivity index (χ0n) is 9.42. The molecule has 1 fully saturated rings. The fraction of sp³-hybridized carbons (Fsp3) is 0.583. The highest BCUT2D eigenvalue weighted by Gasteiger charge is 2.24. The Morgan fingerprint density at radius 1 is 1.60 bits per heavy atom. The number of aryl methyl sites for hydroxylation is 1. The van der Waals surface area contributed by atoms with Gasteiger partial charge in [-0.15, -0.1) is 0 Å². The summed E-state index contributed by atoms with van der Waals surface area (Å²) in [5, 5.41) is 0. The average molecular weight is 206 g/mol. The average Bonchev–Trinajstić information content (AvgIpc) is 2.70. The van der Waals surface area contributed by atoms with Gasteiger partial charge in [0.15, 0.2) is 0 Å². The van der Waals surface area contributed by atoms with Gasteiger partial charge in [-0.05, 0) is 44.5 Å². The van der Waals surface area contributed by atoms with Gasteiger partial charge >= 0.3 is 0 Å². The van der Waals surface area contributed by atoms with E-state index in [1.807, 2.05) is 19.2 Å². The van der Waals surface area contributed by atoms with Gasteiger partial charge in [-0.1, -0.05) is 6.92 Å². The van der Waals surface area contributed by atoms with E-state index in [1.54, 1.807) is 0 Å². The van der Waals surface area contributed by atoms with Crippen molar-refractivity contribution in [1.29, 1.82) is 0 Å². The smallest absolute Gasteiger partial charge is 0.250 e. The summed E-state index contributed by atoms with van der Waals surface area (Å²) in [5.41, 5.74) is 2.10. The summed E-state index contributed by atoms with van der Waals surface area (Å²) in [6.07, 6.45) is 4.34. The monoisotopic (exact) mass is 206 g/mol. The van der Waals surface area contributed by atoms with Gasteiger partial charge in [-0.25, -0.2) is 0 Å². The van der Waals surface area contributed by atoms with Gasteiger partial charge in [0.25, 0.3) is 5.56 Å². The van der Waals surface area contributed by atoms with Gasteiger partial charge < -0.3 is 4.98 Å². The van der Waals surface area contributed by atoms with E-state index in [4.69, 9.17) is 0 Å². The van der Waals surface area contributed by atoms with Gasteiger partial charge in [0, 0.05) is 17.8 Å². The van der Waals surface area contributed by atoms with Crippen molar-refractivity contribution in [1.82, 2.24) is 9.88 Å². The number of aromatic amines is 1. The molecule has 0 saturated carbocycles. The molecular weight excluding hydrogens is 188 g/mol. The molecule has 2 heterocycles. The maximum absolute atomic E-state index is 11.3. The predicted octanol–water partition coefficient (Wildman–Crippen LogP) is 1.84. The summed E-state index contributed by atoms with van der Waals surface area (Å²) in [4.78, 5) is 16.5. The van der Waals surface area contributed by atoms with Crippen molar-refractivity contribution in [3.63, 3.8) is 0 Å². The number of hydrogen-bond acceptors (Lipinski definition) is 2. The van der Waals surface area contributed by atoms with E-state index in [1.165, 1.54) is 24.9 Å². The Morgan fingerprint density at radius 2 is 2.40 bits per heavy atom. The fourth-order valence-electron chi connectivity index (χ4n) is 2.39. The van der Waals surface area contributed by atoms with Crippen LogP contribution in [0.2, 0.25) is 0 Å². The largest absolute Gasteiger partial charge is 0.329 e. The molecule has 0 amide bonds. The molecule has 1 unspecified atom stereocenters. The summed E-state index contributed by atoms with van der Waals surface area (Å²) in [6.45, 7) is 6.33. The molecule has 1 aromatic heterocycles. The lowest BCUT2D eigenvalue weighted by atomic mass is 10.1. The van der Waals surface area contributed by atoms with E-state index in [-0.39, 0.29) is 5.56 Å². The van der Waals surface area contributed by atoms with Crippen LogP contribution < -0.4 is 5.56 Å². The second kappa shape index (κ2) is 4.19. The van der Waals surface area contributed by atoms with Crippen molar-refractivity contribution < 1.29 is 0 Å². The van der Waals surface area contributed by atoms with Gasteiger partial charge in [0.05, 0.1) is 0 Å². The SMILES string of the molecule is CCN1CCCC1c1c[nH]c(=O)c(C)c1. The van der Waals surface area contributed by atoms with E-state index < -0.39 is 0 Å². The van der Waals surface area contributed by atoms with Crippen LogP contribution in [0.1, 0.15) is 36.9 Å². The molecule has 15 heavy (non-hydrogen) atoms. The van der Waals surface area contributed by atoms with Gasteiger partial charge in [0.2, 0.25) is 0 Å². The zero-order valence-corrected chi connectivity index (χ0v) is 9.42. The van der Waals surface area contributed by atoms with Crippen LogP contribution in [0.25, 0.3) is 0 Å². The van der Waals surface area contributed by atoms with Crippen LogP contribution in [0, 0.1) is 6.92 Å². The topological polar surface area (TPSA) is 36.1 Å². The Hall–Kier alpha value is -1.09. The van der Waals surface area contributed by atoms with E-state index in [0.717, 1.165) is 12.1 Å². The number of nitrogens with zero attached hydrogens (tertiary/aromatic N) is 1. The summed E-state index contributed by atoms with van der Waals surface area (Å²) >= 11 is 0. The molecular formula is C12H18N2O. The second-order valence-electron chi connectivity index (χ2n) is 4.23. The van der Waals surface area contributed by atoms with E-state index in [2.05, 4.69) is 16.8 Å². The van der Waals surface area contributed by atoms with Crippen LogP contribution in [0.3, 0.4) is 0 Å². The van der Waals surface area contributed by atoms with Crippen LogP contribution in [0.15, 0.2) is 17.1 Å². The molecule has 0 aromatic carbocycles. The van der Waals surface area contributed by atoms with Crippen molar-refractivity contribution in [3.05, 3.63) is 33.7 Å². The summed E-state index contributed by atoms with van der Waals surface area (Å²) < 4.78 is 0. The maximum Gasteiger partial charge on any atom is 0.250 e. The third-order valence-corrected chi connectivity index (χ3v) is 3.27. The number of likely N-dealkylation sites (tertiary alicyclic amines) is 1. The van der Waals surface area contributed by atoms with Crippen molar-refractivity contribution in [2.24, 2.45) is 0 Å². The minimum atomic E-state index is 0.0276. The molecule has 1 aromatic rings. The molecule has 0 spiro atoms. The number of nitrogens with one attached hydrogen (secondary N) is 1. The molecule has 1 N–H and O–H groups in total. The molecule has 3 nitrogen and oxygen atoms in total. The van der Waals surface area contributed by atoms with Crippen molar-refractivity contribution in [2.75, 3.05) is 13.1 Å². The van der Waals surface area contributed by atoms with Crippen LogP contribution in [0.4, 0.5) is 0 Å². The molecule has 1 aliphatic rings. The molecule has 2 rings (SSSR count). The number of hydrogen-bond donors (Lipinski definition) is 1. The Labute approximate surface area is 90.1 Å². The highest BCUT2D eigenvalue weighted by molar-refractivity contribution is 5.21. The molecule has 1 atom stereocenters. The lowest BCUT2D eigenvalue weighted by molar-refractivity contribution is 0.271. The van der Waals surface area contributed by atoms with Gasteiger partial charge in [-0.2, -0.15) is 0 Å². The predicted molar refractivity (Wildman–Crippen MR) is 61.0 cm³/mol. The number of aromatic nitrogens is 1. The summed E-state index contributed by atoms with van der Waals surface area (Å²) in [5.74, 6) is 0. The lowest BCUT2D eigenvalue weighted by Gasteiger charge is -2.22. The fourth-order valence-corrected chi connectivity index (χ4v) is 2.39. The third-order valence-electron chi connectivity index (χ3n) is 3.27. The Balaban J connectivity index is 2.29. The first-order chi connectivity index (χ1) is 7.22. The second-order valence-corrected chi connectivity index (χ2v) is 4.23. The number of pyridine rings is 1. The third kappa shape index (κ3) is 1.97. The first kappa shape index (κ1) is 10.4. The van der Waals surface area contributed by atoms with Crippen molar-refractivity contribution in [3.8, 4) is 0 Å². The minimum absolute atomic E-state index is 0.0276. The van der Waals surface area contributed by atoms with Crippen molar-refractivity contribution >= 4 is 0 Å². The van der Waals surface area contributed by atoms with Crippen LogP contribution >= 0.6 is 0 Å². The highest BCUT2D eigenvalue weighted by Crippen LogP contribution is 2.30. The first-order valence-corrected chi connectivity index (χ1v) is 5.65. The lowest BCUT2D eigenvalue weighted by Crippen LogP contribution is -2.23. The summed E-state index contributed by atoms with van der Waals surface area (Å²) in [6, 6.07) is 2.53. The van der Waals surface area contributed by atoms with Crippen LogP contribution in [0.5, 0.6) is 0 Å². The number of rotatable bonds is 2. The Morgan fingerprint density at radius 3 is 3.07 bits per heavy atom. The van der Waals surface area contributed by atoms with E-state index in [0.29, 0.717) is 6.04 Å². The van der Waals surface area contributed by atoms with Crippen LogP contribution in [-0.4, -0.2) is 23.0 Å². The molecule has 0 aliphatic carbocycles. The molecule has 1 aliphatic heterocycles. The summed E-state index contributed by atoms with van der Waals surface area (Å²) in [7, 11) is 0. The number of H-pyrrole nitrogens is 1. The highest BCUT2D eigenvalue weighted by atomic mass is 16.1. The van der Waals surface area contributed by atoms with E-state index in [9.17, 15) is 4.79 Å². The van der Waals surface area contributed by atoms with Gasteiger partial charge in [0.1, 0.15) is 0 Å². The normalized spacial score (nSPS) is 22.1. The van der Waals surface area contributed by atoms with E-state index >= 15 is 0 Å². The van der Waals surface area contributed by atoms with Gasteiger partial charge in [-0.3, -0.25) is 9.69 Å². The van der Waals surface area contributed by atoms with Crippen molar-refractivity contribution in [2.45, 2.75) is 32.7 Å².